The average Bonchev–Trinajstić information content (AvgIpc) is 2.28. The Bertz CT molecular complexity index is 357. The fourth-order valence-corrected chi connectivity index (χ4v) is 1.06. The molecule has 0 heterocycles. The van der Waals surface area contributed by atoms with Crippen LogP contribution in [0.3, 0.4) is 0 Å². The maximum absolute atomic E-state index is 13.1. The summed E-state index contributed by atoms with van der Waals surface area (Å²) in [4.78, 5) is 11.1. The standard InChI is InChI=1S/C11H14FNO3/c1-2-15-11(14)9(13)7-16-10-6-4-3-5-8(10)12/h3-6,9H,2,7,13H2,1H3. The van der Waals surface area contributed by atoms with Crippen LogP contribution in [0.5, 0.6) is 5.75 Å². The quantitative estimate of drug-likeness (QED) is 0.765. The highest BCUT2D eigenvalue weighted by atomic mass is 19.1. The third-order valence-electron chi connectivity index (χ3n) is 1.84. The highest BCUT2D eigenvalue weighted by Crippen LogP contribution is 2.15. The van der Waals surface area contributed by atoms with E-state index in [1.165, 1.54) is 12.1 Å². The third-order valence-corrected chi connectivity index (χ3v) is 1.84. The van der Waals surface area contributed by atoms with Gasteiger partial charge in [-0.3, -0.25) is 4.79 Å². The maximum Gasteiger partial charge on any atom is 0.326 e. The van der Waals surface area contributed by atoms with Gasteiger partial charge in [-0.15, -0.1) is 0 Å². The lowest BCUT2D eigenvalue weighted by Gasteiger charge is -2.12. The number of para-hydroxylation sites is 1. The predicted molar refractivity (Wildman–Crippen MR) is 56.5 cm³/mol. The van der Waals surface area contributed by atoms with Gasteiger partial charge < -0.3 is 15.2 Å². The summed E-state index contributed by atoms with van der Waals surface area (Å²) in [7, 11) is 0. The molecule has 0 spiro atoms. The molecule has 0 aliphatic heterocycles. The van der Waals surface area contributed by atoms with Gasteiger partial charge in [-0.1, -0.05) is 12.1 Å². The molecule has 0 saturated heterocycles. The van der Waals surface area contributed by atoms with E-state index in [0.29, 0.717) is 0 Å². The van der Waals surface area contributed by atoms with Crippen molar-refractivity contribution in [1.82, 2.24) is 0 Å². The van der Waals surface area contributed by atoms with Crippen molar-refractivity contribution in [3.05, 3.63) is 30.1 Å². The molecule has 88 valence electrons. The monoisotopic (exact) mass is 227 g/mol. The van der Waals surface area contributed by atoms with Crippen LogP contribution in [0.4, 0.5) is 4.39 Å². The summed E-state index contributed by atoms with van der Waals surface area (Å²) in [6.07, 6.45) is 0. The summed E-state index contributed by atoms with van der Waals surface area (Å²) < 4.78 is 22.9. The van der Waals surface area contributed by atoms with Crippen molar-refractivity contribution in [2.24, 2.45) is 5.73 Å². The average molecular weight is 227 g/mol. The first-order chi connectivity index (χ1) is 7.65. The SMILES string of the molecule is CCOC(=O)C(N)COc1ccccc1F. The van der Waals surface area contributed by atoms with E-state index in [4.69, 9.17) is 10.5 Å². The van der Waals surface area contributed by atoms with Gasteiger partial charge in [0, 0.05) is 0 Å². The molecule has 0 bridgehead atoms. The van der Waals surface area contributed by atoms with E-state index < -0.39 is 17.8 Å². The molecule has 0 aliphatic carbocycles. The van der Waals surface area contributed by atoms with Crippen LogP contribution in [0.1, 0.15) is 6.92 Å². The summed E-state index contributed by atoms with van der Waals surface area (Å²) >= 11 is 0. The first kappa shape index (κ1) is 12.4. The number of carbonyl (C=O) groups is 1. The van der Waals surface area contributed by atoms with Gasteiger partial charge in [-0.25, -0.2) is 4.39 Å². The lowest BCUT2D eigenvalue weighted by Crippen LogP contribution is -2.37. The summed E-state index contributed by atoms with van der Waals surface area (Å²) in [5.41, 5.74) is 5.48. The molecule has 16 heavy (non-hydrogen) atoms. The molecule has 0 fully saturated rings. The van der Waals surface area contributed by atoms with Crippen LogP contribution in [0, 0.1) is 5.82 Å². The van der Waals surface area contributed by atoms with E-state index in [0.717, 1.165) is 0 Å². The van der Waals surface area contributed by atoms with Gasteiger partial charge >= 0.3 is 5.97 Å². The number of halogens is 1. The first-order valence-electron chi connectivity index (χ1n) is 4.94. The van der Waals surface area contributed by atoms with Gasteiger partial charge in [0.15, 0.2) is 11.6 Å². The molecule has 5 heteroatoms. The summed E-state index contributed by atoms with van der Waals surface area (Å²) in [6, 6.07) is 5.01. The van der Waals surface area contributed by atoms with Gasteiger partial charge in [0.2, 0.25) is 0 Å². The van der Waals surface area contributed by atoms with Crippen molar-refractivity contribution >= 4 is 5.97 Å². The maximum atomic E-state index is 13.1. The van der Waals surface area contributed by atoms with Crippen molar-refractivity contribution in [2.45, 2.75) is 13.0 Å². The molecule has 2 N–H and O–H groups in total. The molecule has 0 aliphatic rings. The highest BCUT2D eigenvalue weighted by Gasteiger charge is 2.15. The van der Waals surface area contributed by atoms with Crippen LogP contribution in [-0.2, 0) is 9.53 Å². The number of hydrogen-bond acceptors (Lipinski definition) is 4. The Kier molecular flexibility index (Phi) is 4.72. The number of benzene rings is 1. The molecule has 1 aromatic carbocycles. The Hall–Kier alpha value is -1.62. The Labute approximate surface area is 93.2 Å². The van der Waals surface area contributed by atoms with E-state index in [9.17, 15) is 9.18 Å². The Morgan fingerprint density at radius 1 is 1.50 bits per heavy atom. The van der Waals surface area contributed by atoms with E-state index in [2.05, 4.69) is 4.74 Å². The van der Waals surface area contributed by atoms with Gasteiger partial charge in [0.1, 0.15) is 12.6 Å². The van der Waals surface area contributed by atoms with Gasteiger partial charge in [0.05, 0.1) is 6.61 Å². The number of carbonyl (C=O) groups excluding carboxylic acids is 1. The third kappa shape index (κ3) is 3.51. The zero-order valence-electron chi connectivity index (χ0n) is 8.98. The normalized spacial score (nSPS) is 11.9. The van der Waals surface area contributed by atoms with E-state index in [1.807, 2.05) is 0 Å². The molecule has 0 saturated carbocycles. The minimum atomic E-state index is -0.903. The molecule has 0 aromatic heterocycles. The van der Waals surface area contributed by atoms with Crippen LogP contribution in [0.2, 0.25) is 0 Å². The Morgan fingerprint density at radius 3 is 2.81 bits per heavy atom. The number of ether oxygens (including phenoxy) is 2. The second kappa shape index (κ2) is 6.07. The zero-order valence-corrected chi connectivity index (χ0v) is 8.98. The Balaban J connectivity index is 2.46. The molecule has 1 atom stereocenters. The topological polar surface area (TPSA) is 61.5 Å². The molecule has 1 rings (SSSR count). The Morgan fingerprint density at radius 2 is 2.19 bits per heavy atom. The molecule has 1 unspecified atom stereocenters. The van der Waals surface area contributed by atoms with Gasteiger partial charge in [-0.2, -0.15) is 0 Å². The molecule has 4 nitrogen and oxygen atoms in total. The molecule has 1 aromatic rings. The van der Waals surface area contributed by atoms with Crippen molar-refractivity contribution in [2.75, 3.05) is 13.2 Å². The number of nitrogens with two attached hydrogens (primary N) is 1. The van der Waals surface area contributed by atoms with Gasteiger partial charge in [0.25, 0.3) is 0 Å². The number of rotatable bonds is 5. The zero-order chi connectivity index (χ0) is 12.0. The summed E-state index contributed by atoms with van der Waals surface area (Å²) in [5.74, 6) is -0.973. The van der Waals surface area contributed by atoms with Crippen molar-refractivity contribution in [3.63, 3.8) is 0 Å². The smallest absolute Gasteiger partial charge is 0.326 e. The van der Waals surface area contributed by atoms with E-state index >= 15 is 0 Å². The molecule has 0 amide bonds. The largest absolute Gasteiger partial charge is 0.488 e. The van der Waals surface area contributed by atoms with Crippen molar-refractivity contribution < 1.29 is 18.7 Å². The van der Waals surface area contributed by atoms with Crippen LogP contribution >= 0.6 is 0 Å². The number of esters is 1. The van der Waals surface area contributed by atoms with Gasteiger partial charge in [-0.05, 0) is 19.1 Å². The minimum absolute atomic E-state index is 0.0715. The fourth-order valence-electron chi connectivity index (χ4n) is 1.06. The molecule has 0 radical (unpaired) electrons. The minimum Gasteiger partial charge on any atom is -0.488 e. The molecular weight excluding hydrogens is 213 g/mol. The lowest BCUT2D eigenvalue weighted by atomic mass is 10.3. The lowest BCUT2D eigenvalue weighted by molar-refractivity contribution is -0.145. The highest BCUT2D eigenvalue weighted by molar-refractivity contribution is 5.75. The van der Waals surface area contributed by atoms with Crippen LogP contribution in [0.25, 0.3) is 0 Å². The van der Waals surface area contributed by atoms with E-state index in [-0.39, 0.29) is 19.0 Å². The predicted octanol–water partition coefficient (Wildman–Crippen LogP) is 1.09. The summed E-state index contributed by atoms with van der Waals surface area (Å²) in [6.45, 7) is 1.83. The van der Waals surface area contributed by atoms with Crippen LogP contribution in [-0.4, -0.2) is 25.2 Å². The van der Waals surface area contributed by atoms with E-state index in [1.54, 1.807) is 19.1 Å². The van der Waals surface area contributed by atoms with Crippen molar-refractivity contribution in [3.8, 4) is 5.75 Å². The second-order valence-corrected chi connectivity index (χ2v) is 3.10. The summed E-state index contributed by atoms with van der Waals surface area (Å²) in [5, 5.41) is 0. The first-order valence-corrected chi connectivity index (χ1v) is 4.94. The molecular formula is C11H14FNO3. The number of hydrogen-bond donors (Lipinski definition) is 1. The van der Waals surface area contributed by atoms with Crippen LogP contribution in [0.15, 0.2) is 24.3 Å². The van der Waals surface area contributed by atoms with Crippen LogP contribution < -0.4 is 10.5 Å². The fraction of sp³-hybridized carbons (Fsp3) is 0.364. The van der Waals surface area contributed by atoms with Crippen molar-refractivity contribution in [1.29, 1.82) is 0 Å². The second-order valence-electron chi connectivity index (χ2n) is 3.10.